The van der Waals surface area contributed by atoms with Gasteiger partial charge in [-0.2, -0.15) is 0 Å². The van der Waals surface area contributed by atoms with Gasteiger partial charge in [-0.3, -0.25) is 0 Å². The van der Waals surface area contributed by atoms with Crippen LogP contribution in [0.1, 0.15) is 0 Å². The molecule has 0 radical (unpaired) electrons. The summed E-state index contributed by atoms with van der Waals surface area (Å²) in [6.07, 6.45) is 0. The molecule has 3 aromatic heterocycles. The number of benzene rings is 7. The summed E-state index contributed by atoms with van der Waals surface area (Å²) in [5.74, 6) is 0. The third-order valence-electron chi connectivity index (χ3n) is 12.0. The van der Waals surface area contributed by atoms with Crippen molar-refractivity contribution in [2.45, 2.75) is 0 Å². The van der Waals surface area contributed by atoms with E-state index < -0.39 is 8.07 Å². The van der Waals surface area contributed by atoms with Crippen LogP contribution in [0.4, 0.5) is 0 Å². The number of rotatable bonds is 2. The van der Waals surface area contributed by atoms with E-state index in [0.717, 1.165) is 0 Å². The second-order valence-electron chi connectivity index (χ2n) is 13.9. The van der Waals surface area contributed by atoms with Gasteiger partial charge in [0.1, 0.15) is 0 Å². The summed E-state index contributed by atoms with van der Waals surface area (Å²) < 4.78 is 6.69. The third-order valence-corrected chi connectivity index (χ3v) is 18.0. The highest BCUT2D eigenvalue weighted by Crippen LogP contribution is 2.44. The van der Waals surface area contributed by atoms with Gasteiger partial charge in [0.2, 0.25) is 0 Å². The van der Waals surface area contributed by atoms with E-state index in [1.807, 2.05) is 11.3 Å². The number of fused-ring (bicyclic) bond motifs is 10. The molecule has 3 aliphatic rings. The largest absolute Gasteiger partial charge is 0.310 e. The fourth-order valence-corrected chi connectivity index (χ4v) is 16.7. The zero-order valence-corrected chi connectivity index (χ0v) is 28.1. The van der Waals surface area contributed by atoms with Gasteiger partial charge in [-0.15, -0.1) is 11.3 Å². The Balaban J connectivity index is 1.35. The molecule has 0 bridgehead atoms. The molecule has 5 heteroatoms. The lowest BCUT2D eigenvalue weighted by Gasteiger charge is -2.43. The van der Waals surface area contributed by atoms with E-state index in [4.69, 9.17) is 0 Å². The Morgan fingerprint density at radius 3 is 1.92 bits per heavy atom. The standard InChI is InChI=1S/C44H25BN2SSi/c1-3-13-26(14-4-1)49(27-15-5-2-6-16-27)36-23-11-19-29-32-25-31-28-17-7-9-21-34(28)46-41(31)39-42(32)47(40(29)36)43-33(20-12-24-37(43)49)45(39)38-30-18-8-10-22-35(30)48-44(38)46/h1-25H. The van der Waals surface area contributed by atoms with Gasteiger partial charge in [-0.05, 0) is 60.7 Å². The van der Waals surface area contributed by atoms with Gasteiger partial charge in [0.15, 0.2) is 8.07 Å². The van der Waals surface area contributed by atoms with Crippen molar-refractivity contribution >= 4 is 117 Å². The Bertz CT molecular complexity index is 3080. The molecule has 0 unspecified atom stereocenters. The molecule has 10 aromatic rings. The summed E-state index contributed by atoms with van der Waals surface area (Å²) in [5.41, 5.74) is 11.3. The van der Waals surface area contributed by atoms with Gasteiger partial charge in [-0.1, -0.05) is 133 Å². The first-order chi connectivity index (χ1) is 24.4. The highest BCUT2D eigenvalue weighted by molar-refractivity contribution is 7.25. The van der Waals surface area contributed by atoms with E-state index >= 15 is 0 Å². The first kappa shape index (κ1) is 25.4. The molecule has 7 aromatic carbocycles. The molecule has 0 amide bonds. The summed E-state index contributed by atoms with van der Waals surface area (Å²) in [6, 6.07) is 58.1. The van der Waals surface area contributed by atoms with Crippen molar-refractivity contribution in [2.75, 3.05) is 0 Å². The van der Waals surface area contributed by atoms with Crippen LogP contribution in [-0.2, 0) is 0 Å². The fraction of sp³-hybridized carbons (Fsp3) is 0. The van der Waals surface area contributed by atoms with E-state index in [9.17, 15) is 0 Å². The molecule has 6 heterocycles. The van der Waals surface area contributed by atoms with Crippen LogP contribution in [0.2, 0.25) is 0 Å². The molecule has 49 heavy (non-hydrogen) atoms. The number of hydrogen-bond acceptors (Lipinski definition) is 1. The minimum absolute atomic E-state index is 0.140. The molecule has 0 N–H and O–H groups in total. The van der Waals surface area contributed by atoms with Crippen molar-refractivity contribution < 1.29 is 0 Å². The Hall–Kier alpha value is -5.62. The van der Waals surface area contributed by atoms with Crippen LogP contribution >= 0.6 is 11.3 Å². The van der Waals surface area contributed by atoms with E-state index in [0.29, 0.717) is 0 Å². The lowest BCUT2D eigenvalue weighted by atomic mass is 9.34. The zero-order chi connectivity index (χ0) is 31.6. The van der Waals surface area contributed by atoms with Gasteiger partial charge >= 0.3 is 0 Å². The number of para-hydroxylation sites is 3. The monoisotopic (exact) mass is 652 g/mol. The van der Waals surface area contributed by atoms with Crippen molar-refractivity contribution in [1.29, 1.82) is 0 Å². The molecule has 0 spiro atoms. The second-order valence-corrected chi connectivity index (χ2v) is 18.7. The maximum absolute atomic E-state index is 2.74. The Kier molecular flexibility index (Phi) is 4.41. The molecule has 0 atom stereocenters. The quantitative estimate of drug-likeness (QED) is 0.205. The van der Waals surface area contributed by atoms with Crippen LogP contribution in [0.25, 0.3) is 64.4 Å². The second kappa shape index (κ2) is 8.50. The Morgan fingerprint density at radius 1 is 0.469 bits per heavy atom. The van der Waals surface area contributed by atoms with Crippen molar-refractivity contribution in [3.8, 4) is 10.7 Å². The van der Waals surface area contributed by atoms with E-state index in [1.54, 1.807) is 0 Å². The topological polar surface area (TPSA) is 9.86 Å². The van der Waals surface area contributed by atoms with Crippen LogP contribution in [-0.4, -0.2) is 23.9 Å². The first-order valence-electron chi connectivity index (χ1n) is 17.2. The predicted octanol–water partition coefficient (Wildman–Crippen LogP) is 5.93. The van der Waals surface area contributed by atoms with E-state index in [-0.39, 0.29) is 6.71 Å². The maximum Gasteiger partial charge on any atom is 0.254 e. The van der Waals surface area contributed by atoms with Crippen LogP contribution in [0.3, 0.4) is 0 Å². The summed E-state index contributed by atoms with van der Waals surface area (Å²) in [7, 11) is -2.74. The molecular formula is C44H25BN2SSi. The van der Waals surface area contributed by atoms with Gasteiger partial charge in [0, 0.05) is 31.9 Å². The number of hydrogen-bond donors (Lipinski definition) is 0. The average Bonchev–Trinajstić information content (AvgIpc) is 3.83. The van der Waals surface area contributed by atoms with Gasteiger partial charge in [-0.25, -0.2) is 0 Å². The highest BCUT2D eigenvalue weighted by atomic mass is 32.1. The molecule has 0 saturated heterocycles. The Morgan fingerprint density at radius 2 is 1.10 bits per heavy atom. The van der Waals surface area contributed by atoms with E-state index in [2.05, 4.69) is 161 Å². The van der Waals surface area contributed by atoms with Crippen LogP contribution in [0, 0.1) is 0 Å². The van der Waals surface area contributed by atoms with E-state index in [1.165, 1.54) is 102 Å². The minimum atomic E-state index is -2.74. The van der Waals surface area contributed by atoms with Gasteiger partial charge < -0.3 is 9.13 Å². The van der Waals surface area contributed by atoms with Crippen molar-refractivity contribution in [3.63, 3.8) is 0 Å². The summed E-state index contributed by atoms with van der Waals surface area (Å²) in [5, 5.41) is 14.1. The molecular weight excluding hydrogens is 627 g/mol. The smallest absolute Gasteiger partial charge is 0.254 e. The number of aromatic nitrogens is 2. The Labute approximate surface area is 287 Å². The average molecular weight is 653 g/mol. The summed E-state index contributed by atoms with van der Waals surface area (Å²) >= 11 is 1.96. The summed E-state index contributed by atoms with van der Waals surface area (Å²) in [6.45, 7) is 0.140. The SMILES string of the molecule is c1ccc([Si]2(c3ccccc3)c3cccc4c3-n3c5c2cccc5c2cc5c6ccccc6n6c5c(c23)B4c2c-6sc3ccccc23)cc1. The van der Waals surface area contributed by atoms with Crippen LogP contribution in [0.5, 0.6) is 0 Å². The normalized spacial score (nSPS) is 14.7. The van der Waals surface area contributed by atoms with Crippen molar-refractivity contribution in [2.24, 2.45) is 0 Å². The zero-order valence-electron chi connectivity index (χ0n) is 26.3. The van der Waals surface area contributed by atoms with Crippen LogP contribution in [0.15, 0.2) is 152 Å². The molecule has 0 aliphatic carbocycles. The fourth-order valence-electron chi connectivity index (χ4n) is 10.3. The van der Waals surface area contributed by atoms with Crippen molar-refractivity contribution in [1.82, 2.24) is 9.13 Å². The summed E-state index contributed by atoms with van der Waals surface area (Å²) in [4.78, 5) is 0. The van der Waals surface area contributed by atoms with Crippen molar-refractivity contribution in [3.05, 3.63) is 152 Å². The molecule has 0 saturated carbocycles. The van der Waals surface area contributed by atoms with Gasteiger partial charge in [0.05, 0.1) is 27.1 Å². The lowest BCUT2D eigenvalue weighted by molar-refractivity contribution is 1.19. The lowest BCUT2D eigenvalue weighted by Crippen LogP contribution is -2.78. The predicted molar refractivity (Wildman–Crippen MR) is 212 cm³/mol. The molecule has 224 valence electrons. The molecule has 0 fully saturated rings. The third kappa shape index (κ3) is 2.69. The minimum Gasteiger partial charge on any atom is -0.310 e. The molecule has 13 rings (SSSR count). The molecule has 2 nitrogen and oxygen atoms in total. The molecule has 3 aliphatic heterocycles. The maximum atomic E-state index is 2.72. The first-order valence-corrected chi connectivity index (χ1v) is 20.0. The van der Waals surface area contributed by atoms with Gasteiger partial charge in [0.25, 0.3) is 6.71 Å². The van der Waals surface area contributed by atoms with Crippen LogP contribution < -0.4 is 37.1 Å². The highest BCUT2D eigenvalue weighted by Gasteiger charge is 2.52. The number of nitrogens with zero attached hydrogens (tertiary/aromatic N) is 2. The number of thiophene rings is 1.